The number of hydrogen-bond acceptors (Lipinski definition) is 8. The van der Waals surface area contributed by atoms with Gasteiger partial charge in [0.05, 0.1) is 35.2 Å². The van der Waals surface area contributed by atoms with Gasteiger partial charge in [-0.2, -0.15) is 0 Å². The molecule has 2 heterocycles. The summed E-state index contributed by atoms with van der Waals surface area (Å²) >= 11 is 2.83. The van der Waals surface area contributed by atoms with Gasteiger partial charge in [0.15, 0.2) is 5.78 Å². The molecule has 1 aromatic carbocycles. The molecule has 2 bridgehead atoms. The molecule has 2 aromatic heterocycles. The van der Waals surface area contributed by atoms with Crippen molar-refractivity contribution in [1.82, 2.24) is 15.3 Å². The van der Waals surface area contributed by atoms with Crippen LogP contribution in [0, 0.1) is 12.3 Å². The smallest absolute Gasteiger partial charge is 0.226 e. The van der Waals surface area contributed by atoms with E-state index in [4.69, 9.17) is 10.5 Å². The van der Waals surface area contributed by atoms with Crippen LogP contribution in [0.25, 0.3) is 10.9 Å². The van der Waals surface area contributed by atoms with Gasteiger partial charge >= 0.3 is 0 Å². The van der Waals surface area contributed by atoms with Crippen LogP contribution in [-0.4, -0.2) is 40.1 Å². The van der Waals surface area contributed by atoms with Crippen molar-refractivity contribution >= 4 is 45.7 Å². The fourth-order valence-electron chi connectivity index (χ4n) is 4.72. The fourth-order valence-corrected chi connectivity index (χ4v) is 6.63. The molecule has 0 aliphatic heterocycles. The first-order valence-electron chi connectivity index (χ1n) is 10.4. The quantitative estimate of drug-likeness (QED) is 0.296. The van der Waals surface area contributed by atoms with Crippen LogP contribution < -0.4 is 15.8 Å². The first kappa shape index (κ1) is 21.4. The number of carbonyl (C=O) groups is 2. The lowest BCUT2D eigenvalue weighted by Gasteiger charge is -2.67. The summed E-state index contributed by atoms with van der Waals surface area (Å²) in [6.45, 7) is 2.29. The topological polar surface area (TPSA) is 107 Å². The number of hydrogen-bond donors (Lipinski definition) is 2. The Labute approximate surface area is 194 Å². The Balaban J connectivity index is 1.21. The highest BCUT2D eigenvalue weighted by molar-refractivity contribution is 8.00. The number of nitrogens with one attached hydrogen (secondary N) is 1. The van der Waals surface area contributed by atoms with Crippen LogP contribution in [0.4, 0.5) is 0 Å². The number of amides is 1. The molecule has 3 N–H and O–H groups in total. The molecule has 32 heavy (non-hydrogen) atoms. The van der Waals surface area contributed by atoms with E-state index in [1.165, 1.54) is 23.1 Å². The maximum Gasteiger partial charge on any atom is 0.226 e. The first-order chi connectivity index (χ1) is 15.3. The van der Waals surface area contributed by atoms with Crippen molar-refractivity contribution in [1.29, 1.82) is 0 Å². The standard InChI is InChI=1S/C23H24N4O3S2/c1-13-26-17-5-3-14(30-2)7-16(17)20(27-13)31-9-18(28)19-6-4-15(32-19)8-25-21(29)22-10-23(24,11-22)12-22/h3-7H,8-12,24H2,1-2H3,(H,25,29). The summed E-state index contributed by atoms with van der Waals surface area (Å²) in [5.74, 6) is 1.79. The van der Waals surface area contributed by atoms with Gasteiger partial charge in [-0.05, 0) is 56.5 Å². The van der Waals surface area contributed by atoms with Crippen LogP contribution in [-0.2, 0) is 11.3 Å². The van der Waals surface area contributed by atoms with Crippen LogP contribution in [0.1, 0.15) is 39.6 Å². The summed E-state index contributed by atoms with van der Waals surface area (Å²) in [6, 6.07) is 9.39. The van der Waals surface area contributed by atoms with Crippen molar-refractivity contribution in [2.24, 2.45) is 11.1 Å². The first-order valence-corrected chi connectivity index (χ1v) is 12.2. The lowest BCUT2D eigenvalue weighted by atomic mass is 9.39. The number of nitrogens with two attached hydrogens (primary N) is 1. The molecule has 3 aromatic rings. The second-order valence-electron chi connectivity index (χ2n) is 8.79. The van der Waals surface area contributed by atoms with E-state index in [2.05, 4.69) is 15.3 Å². The number of fused-ring (bicyclic) bond motifs is 1. The number of ether oxygens (including phenoxy) is 1. The predicted octanol–water partition coefficient (Wildman–Crippen LogP) is 3.48. The highest BCUT2D eigenvalue weighted by Crippen LogP contribution is 2.65. The number of thioether (sulfide) groups is 1. The molecule has 0 atom stereocenters. The second-order valence-corrected chi connectivity index (χ2v) is 10.9. The molecular weight excluding hydrogens is 444 g/mol. The van der Waals surface area contributed by atoms with E-state index in [0.717, 1.165) is 45.8 Å². The van der Waals surface area contributed by atoms with Gasteiger partial charge in [0.25, 0.3) is 0 Å². The molecule has 7 nitrogen and oxygen atoms in total. The molecule has 1 amide bonds. The molecule has 0 spiro atoms. The third-order valence-electron chi connectivity index (χ3n) is 6.23. The van der Waals surface area contributed by atoms with Gasteiger partial charge in [0.2, 0.25) is 5.91 Å². The van der Waals surface area contributed by atoms with Crippen molar-refractivity contribution in [2.75, 3.05) is 12.9 Å². The van der Waals surface area contributed by atoms with Crippen molar-refractivity contribution in [3.8, 4) is 5.75 Å². The molecule has 6 rings (SSSR count). The van der Waals surface area contributed by atoms with E-state index >= 15 is 0 Å². The Bertz CT molecular complexity index is 1220. The van der Waals surface area contributed by atoms with Gasteiger partial charge in [0, 0.05) is 15.8 Å². The zero-order valence-corrected chi connectivity index (χ0v) is 19.6. The number of thiophene rings is 1. The normalized spacial score (nSPS) is 23.3. The molecule has 3 fully saturated rings. The van der Waals surface area contributed by atoms with Crippen LogP contribution >= 0.6 is 23.1 Å². The lowest BCUT2D eigenvalue weighted by Crippen LogP contribution is -2.76. The Kier molecular flexibility index (Phi) is 5.22. The average Bonchev–Trinajstić information content (AvgIpc) is 3.21. The van der Waals surface area contributed by atoms with Crippen LogP contribution in [0.3, 0.4) is 0 Å². The molecular formula is C23H24N4O3S2. The zero-order valence-electron chi connectivity index (χ0n) is 17.9. The largest absolute Gasteiger partial charge is 0.497 e. The molecule has 3 aliphatic rings. The summed E-state index contributed by atoms with van der Waals surface area (Å²) in [7, 11) is 1.62. The van der Waals surface area contributed by atoms with Gasteiger partial charge in [-0.3, -0.25) is 9.59 Å². The molecule has 3 aliphatic carbocycles. The molecule has 9 heteroatoms. The van der Waals surface area contributed by atoms with Crippen LogP contribution in [0.15, 0.2) is 35.4 Å². The molecule has 3 saturated carbocycles. The van der Waals surface area contributed by atoms with Crippen molar-refractivity contribution < 1.29 is 14.3 Å². The highest BCUT2D eigenvalue weighted by Gasteiger charge is 2.69. The zero-order chi connectivity index (χ0) is 22.5. The number of aromatic nitrogens is 2. The number of nitrogens with zero attached hydrogens (tertiary/aromatic N) is 2. The number of methoxy groups -OCH3 is 1. The van der Waals surface area contributed by atoms with Crippen molar-refractivity contribution in [2.45, 2.75) is 43.3 Å². The van der Waals surface area contributed by atoms with E-state index in [0.29, 0.717) is 17.2 Å². The van der Waals surface area contributed by atoms with Gasteiger partial charge in [-0.15, -0.1) is 11.3 Å². The minimum atomic E-state index is -0.234. The van der Waals surface area contributed by atoms with E-state index in [-0.39, 0.29) is 28.4 Å². The summed E-state index contributed by atoms with van der Waals surface area (Å²) in [6.07, 6.45) is 2.38. The minimum Gasteiger partial charge on any atom is -0.497 e. The van der Waals surface area contributed by atoms with Crippen molar-refractivity contribution in [3.05, 3.63) is 45.9 Å². The summed E-state index contributed by atoms with van der Waals surface area (Å²) < 4.78 is 5.32. The third-order valence-corrected chi connectivity index (χ3v) is 8.35. The molecule has 0 radical (unpaired) electrons. The number of benzene rings is 1. The van der Waals surface area contributed by atoms with Crippen LogP contribution in [0.5, 0.6) is 5.75 Å². The van der Waals surface area contributed by atoms with E-state index in [9.17, 15) is 9.59 Å². The van der Waals surface area contributed by atoms with Crippen LogP contribution in [0.2, 0.25) is 0 Å². The van der Waals surface area contributed by atoms with Gasteiger partial charge in [-0.1, -0.05) is 11.8 Å². The lowest BCUT2D eigenvalue weighted by molar-refractivity contribution is -0.172. The fraction of sp³-hybridized carbons (Fsp3) is 0.391. The number of carbonyl (C=O) groups excluding carboxylic acids is 2. The average molecular weight is 469 g/mol. The minimum absolute atomic E-state index is 0.0365. The van der Waals surface area contributed by atoms with E-state index in [1.54, 1.807) is 7.11 Å². The number of ketones is 1. The number of Topliss-reactive ketones (excluding diaryl/α,β-unsaturated/α-hetero) is 1. The number of rotatable bonds is 8. The molecule has 166 valence electrons. The molecule has 0 saturated heterocycles. The van der Waals surface area contributed by atoms with Crippen molar-refractivity contribution in [3.63, 3.8) is 0 Å². The Morgan fingerprint density at radius 1 is 1.22 bits per heavy atom. The maximum atomic E-state index is 12.8. The van der Waals surface area contributed by atoms with Gasteiger partial charge in [-0.25, -0.2) is 9.97 Å². The number of aryl methyl sites for hydroxylation is 1. The SMILES string of the molecule is COc1ccc2nc(C)nc(SCC(=O)c3ccc(CNC(=O)C45CC(N)(C4)C5)s3)c2c1. The Hall–Kier alpha value is -2.49. The predicted molar refractivity (Wildman–Crippen MR) is 125 cm³/mol. The molecule has 0 unspecified atom stereocenters. The summed E-state index contributed by atoms with van der Waals surface area (Å²) in [5.41, 5.74) is 6.55. The second kappa shape index (κ2) is 7.83. The van der Waals surface area contributed by atoms with Gasteiger partial charge in [0.1, 0.15) is 16.6 Å². The van der Waals surface area contributed by atoms with E-state index < -0.39 is 0 Å². The third kappa shape index (κ3) is 3.78. The monoisotopic (exact) mass is 468 g/mol. The summed E-state index contributed by atoms with van der Waals surface area (Å²) in [4.78, 5) is 35.9. The summed E-state index contributed by atoms with van der Waals surface area (Å²) in [5, 5.41) is 4.65. The van der Waals surface area contributed by atoms with Gasteiger partial charge < -0.3 is 15.8 Å². The highest BCUT2D eigenvalue weighted by atomic mass is 32.2. The maximum absolute atomic E-state index is 12.8. The Morgan fingerprint density at radius 3 is 2.72 bits per heavy atom. The Morgan fingerprint density at radius 2 is 2.00 bits per heavy atom. The van der Waals surface area contributed by atoms with E-state index in [1.807, 2.05) is 37.3 Å².